The number of carbonyl (C=O) groups is 1. The molecule has 2 aromatic rings. The maximum atomic E-state index is 13.4. The molecular formula is C25H32N3O6S-. The van der Waals surface area contributed by atoms with E-state index < -0.39 is 40.3 Å². The fraction of sp³-hybridized carbons (Fsp3) is 0.440. The second-order valence-corrected chi connectivity index (χ2v) is 11.0. The SMILES string of the molecule is COc1ccc(S(=O)(=O)N(CCC#N)C[C@@H](O)[C@H](Cc2ccccc2)N(C(=O)[O-])C(C)(C)C)cc1. The Hall–Kier alpha value is -3.13. The zero-order valence-electron chi connectivity index (χ0n) is 20.4. The van der Waals surface area contributed by atoms with Crippen molar-refractivity contribution in [1.29, 1.82) is 5.26 Å². The quantitative estimate of drug-likeness (QED) is 0.497. The summed E-state index contributed by atoms with van der Waals surface area (Å²) in [4.78, 5) is 13.2. The normalized spacial score (nSPS) is 13.6. The second-order valence-electron chi connectivity index (χ2n) is 9.08. The van der Waals surface area contributed by atoms with Gasteiger partial charge < -0.3 is 24.6 Å². The summed E-state index contributed by atoms with van der Waals surface area (Å²) < 4.78 is 32.8. The van der Waals surface area contributed by atoms with Crippen LogP contribution in [-0.2, 0) is 16.4 Å². The average Bonchev–Trinajstić information content (AvgIpc) is 2.80. The largest absolute Gasteiger partial charge is 0.530 e. The van der Waals surface area contributed by atoms with E-state index in [1.54, 1.807) is 45.0 Å². The van der Waals surface area contributed by atoms with Crippen LogP contribution in [0.25, 0.3) is 0 Å². The van der Waals surface area contributed by atoms with E-state index in [1.807, 2.05) is 12.1 Å². The Bertz CT molecular complexity index is 1110. The molecule has 1 N–H and O–H groups in total. The van der Waals surface area contributed by atoms with E-state index in [4.69, 9.17) is 10.00 Å². The van der Waals surface area contributed by atoms with E-state index >= 15 is 0 Å². The van der Waals surface area contributed by atoms with E-state index in [0.717, 1.165) is 14.8 Å². The van der Waals surface area contributed by atoms with Gasteiger partial charge in [0.1, 0.15) is 11.8 Å². The lowest BCUT2D eigenvalue weighted by Crippen LogP contribution is -2.62. The Morgan fingerprint density at radius 2 is 1.74 bits per heavy atom. The predicted molar refractivity (Wildman–Crippen MR) is 129 cm³/mol. The molecule has 0 radical (unpaired) electrons. The molecule has 9 nitrogen and oxygen atoms in total. The standard InChI is InChI=1S/C25H33N3O6S/c1-25(2,3)28(24(30)31)22(17-19-9-6-5-7-10-19)23(29)18-27(16-8-15-26)35(32,33)21-13-11-20(34-4)12-14-21/h5-7,9-14,22-23,29H,8,16-18H2,1-4H3,(H,30,31)/p-1/t22-,23+/m0/s1. The average molecular weight is 503 g/mol. The molecule has 0 bridgehead atoms. The number of methoxy groups -OCH3 is 1. The number of nitriles is 1. The van der Waals surface area contributed by atoms with Crippen molar-refractivity contribution in [3.05, 3.63) is 60.2 Å². The maximum absolute atomic E-state index is 13.4. The van der Waals surface area contributed by atoms with E-state index in [0.29, 0.717) is 5.75 Å². The van der Waals surface area contributed by atoms with E-state index in [-0.39, 0.29) is 24.3 Å². The third-order valence-corrected chi connectivity index (χ3v) is 7.42. The summed E-state index contributed by atoms with van der Waals surface area (Å²) in [7, 11) is -2.63. The van der Waals surface area contributed by atoms with Crippen LogP contribution < -0.4 is 9.84 Å². The van der Waals surface area contributed by atoms with Crippen LogP contribution in [0.1, 0.15) is 32.8 Å². The van der Waals surface area contributed by atoms with Crippen molar-refractivity contribution in [3.63, 3.8) is 0 Å². The van der Waals surface area contributed by atoms with Crippen molar-refractivity contribution < 1.29 is 28.2 Å². The number of aliphatic hydroxyl groups is 1. The molecule has 0 aliphatic carbocycles. The number of benzene rings is 2. The highest BCUT2D eigenvalue weighted by Crippen LogP contribution is 2.25. The molecule has 2 rings (SSSR count). The lowest BCUT2D eigenvalue weighted by molar-refractivity contribution is -0.275. The summed E-state index contributed by atoms with van der Waals surface area (Å²) in [5.74, 6) is 0.477. The van der Waals surface area contributed by atoms with Crippen LogP contribution >= 0.6 is 0 Å². The number of carbonyl (C=O) groups excluding carboxylic acids is 1. The lowest BCUT2D eigenvalue weighted by atomic mass is 9.94. The number of hydrogen-bond donors (Lipinski definition) is 1. The molecular weight excluding hydrogens is 470 g/mol. The van der Waals surface area contributed by atoms with Crippen molar-refractivity contribution in [3.8, 4) is 11.8 Å². The van der Waals surface area contributed by atoms with Crippen molar-refractivity contribution in [2.24, 2.45) is 0 Å². The van der Waals surface area contributed by atoms with Crippen molar-refractivity contribution in [1.82, 2.24) is 9.21 Å². The van der Waals surface area contributed by atoms with Gasteiger partial charge in [0.15, 0.2) is 0 Å². The molecule has 0 saturated carbocycles. The Kier molecular flexibility index (Phi) is 9.65. The van der Waals surface area contributed by atoms with Gasteiger partial charge in [-0.05, 0) is 57.0 Å². The number of hydrogen-bond acceptors (Lipinski definition) is 7. The Morgan fingerprint density at radius 1 is 1.14 bits per heavy atom. The van der Waals surface area contributed by atoms with Crippen molar-refractivity contribution >= 4 is 16.1 Å². The summed E-state index contributed by atoms with van der Waals surface area (Å²) in [5, 5.41) is 32.5. The molecule has 0 saturated heterocycles. The Labute approximate surface area is 207 Å². The number of aliphatic hydroxyl groups excluding tert-OH is 1. The van der Waals surface area contributed by atoms with Gasteiger partial charge in [-0.25, -0.2) is 8.42 Å². The molecule has 0 spiro atoms. The predicted octanol–water partition coefficient (Wildman–Crippen LogP) is 2.02. The highest BCUT2D eigenvalue weighted by molar-refractivity contribution is 7.89. The lowest BCUT2D eigenvalue weighted by Gasteiger charge is -2.46. The first-order chi connectivity index (χ1) is 16.4. The molecule has 190 valence electrons. The minimum atomic E-state index is -4.10. The number of rotatable bonds is 11. The van der Waals surface area contributed by atoms with Crippen LogP contribution in [0.4, 0.5) is 4.79 Å². The van der Waals surface area contributed by atoms with Crippen LogP contribution in [0.3, 0.4) is 0 Å². The first kappa shape index (κ1) is 28.1. The van der Waals surface area contributed by atoms with Gasteiger partial charge in [-0.3, -0.25) is 0 Å². The minimum absolute atomic E-state index is 0.0318. The van der Waals surface area contributed by atoms with Crippen LogP contribution in [0.5, 0.6) is 5.75 Å². The van der Waals surface area contributed by atoms with Crippen molar-refractivity contribution in [2.45, 2.75) is 56.2 Å². The van der Waals surface area contributed by atoms with E-state index in [1.165, 1.54) is 31.4 Å². The molecule has 1 amide bonds. The third-order valence-electron chi connectivity index (χ3n) is 5.54. The molecule has 0 aliphatic heterocycles. The van der Waals surface area contributed by atoms with Gasteiger partial charge >= 0.3 is 0 Å². The Balaban J connectivity index is 2.45. The second kappa shape index (κ2) is 12.0. The topological polar surface area (TPSA) is 134 Å². The minimum Gasteiger partial charge on any atom is -0.530 e. The Morgan fingerprint density at radius 3 is 2.23 bits per heavy atom. The zero-order valence-corrected chi connectivity index (χ0v) is 21.2. The monoisotopic (exact) mass is 502 g/mol. The van der Waals surface area contributed by atoms with Gasteiger partial charge in [0, 0.05) is 25.0 Å². The zero-order chi connectivity index (χ0) is 26.2. The summed E-state index contributed by atoms with van der Waals surface area (Å²) >= 11 is 0. The van der Waals surface area contributed by atoms with E-state index in [9.17, 15) is 23.4 Å². The fourth-order valence-corrected chi connectivity index (χ4v) is 5.33. The summed E-state index contributed by atoms with van der Waals surface area (Å²) in [6.45, 7) is 4.45. The smallest absolute Gasteiger partial charge is 0.243 e. The first-order valence-corrected chi connectivity index (χ1v) is 12.6. The van der Waals surface area contributed by atoms with Crippen molar-refractivity contribution in [2.75, 3.05) is 20.2 Å². The highest BCUT2D eigenvalue weighted by Gasteiger charge is 2.36. The van der Waals surface area contributed by atoms with Gasteiger partial charge in [0.25, 0.3) is 0 Å². The van der Waals surface area contributed by atoms with E-state index in [2.05, 4.69) is 0 Å². The summed E-state index contributed by atoms with van der Waals surface area (Å²) in [6.07, 6.45) is -2.84. The fourth-order valence-electron chi connectivity index (χ4n) is 3.87. The number of nitrogens with zero attached hydrogens (tertiary/aromatic N) is 3. The third kappa shape index (κ3) is 7.42. The van der Waals surface area contributed by atoms with Gasteiger partial charge in [0.2, 0.25) is 10.0 Å². The van der Waals surface area contributed by atoms with Gasteiger partial charge in [-0.2, -0.15) is 9.57 Å². The molecule has 2 atom stereocenters. The number of amides is 1. The van der Waals surface area contributed by atoms with Crippen LogP contribution in [-0.4, -0.2) is 66.7 Å². The molecule has 10 heteroatoms. The number of carboxylic acid groups (broad SMARTS) is 1. The summed E-state index contributed by atoms with van der Waals surface area (Å²) in [5.41, 5.74) is -0.153. The molecule has 0 unspecified atom stereocenters. The molecule has 0 fully saturated rings. The van der Waals surface area contributed by atoms with Gasteiger partial charge in [-0.15, -0.1) is 0 Å². The van der Waals surface area contributed by atoms with Crippen LogP contribution in [0.15, 0.2) is 59.5 Å². The molecule has 2 aromatic carbocycles. The maximum Gasteiger partial charge on any atom is 0.243 e. The number of sulfonamides is 1. The van der Waals surface area contributed by atoms with Gasteiger partial charge in [0.05, 0.1) is 30.2 Å². The highest BCUT2D eigenvalue weighted by atomic mass is 32.2. The molecule has 35 heavy (non-hydrogen) atoms. The molecule has 0 heterocycles. The molecule has 0 aliphatic rings. The first-order valence-electron chi connectivity index (χ1n) is 11.1. The number of ether oxygens (including phenoxy) is 1. The molecule has 0 aromatic heterocycles. The van der Waals surface area contributed by atoms with Gasteiger partial charge in [-0.1, -0.05) is 30.3 Å². The van der Waals surface area contributed by atoms with Crippen LogP contribution in [0, 0.1) is 11.3 Å². The van der Waals surface area contributed by atoms with Crippen LogP contribution in [0.2, 0.25) is 0 Å². The summed E-state index contributed by atoms with van der Waals surface area (Å²) in [6, 6.07) is 15.7.